The third-order valence-corrected chi connectivity index (χ3v) is 6.04. The minimum Gasteiger partial charge on any atom is -0.326 e. The van der Waals surface area contributed by atoms with Gasteiger partial charge in [-0.25, -0.2) is 8.42 Å². The molecule has 1 fully saturated rings. The van der Waals surface area contributed by atoms with Crippen molar-refractivity contribution >= 4 is 10.0 Å². The van der Waals surface area contributed by atoms with Gasteiger partial charge in [-0.2, -0.15) is 4.31 Å². The smallest absolute Gasteiger partial charge is 0.243 e. The van der Waals surface area contributed by atoms with Crippen molar-refractivity contribution in [1.29, 1.82) is 0 Å². The predicted molar refractivity (Wildman–Crippen MR) is 76.4 cm³/mol. The largest absolute Gasteiger partial charge is 0.326 e. The van der Waals surface area contributed by atoms with Crippen molar-refractivity contribution in [3.8, 4) is 0 Å². The maximum absolute atomic E-state index is 12.7. The number of likely N-dealkylation sites (N-methyl/N-ethyl adjacent to an activating group) is 1. The van der Waals surface area contributed by atoms with Crippen LogP contribution in [0.15, 0.2) is 29.2 Å². The minimum absolute atomic E-state index is 0.0578. The van der Waals surface area contributed by atoms with E-state index in [1.807, 2.05) is 19.1 Å². The molecule has 0 heterocycles. The van der Waals surface area contributed by atoms with Crippen molar-refractivity contribution in [3.05, 3.63) is 29.8 Å². The van der Waals surface area contributed by atoms with E-state index in [4.69, 9.17) is 5.73 Å². The number of sulfonamides is 1. The van der Waals surface area contributed by atoms with E-state index >= 15 is 0 Å². The Morgan fingerprint density at radius 2 is 1.84 bits per heavy atom. The highest BCUT2D eigenvalue weighted by molar-refractivity contribution is 7.89. The van der Waals surface area contributed by atoms with E-state index in [0.717, 1.165) is 31.2 Å². The van der Waals surface area contributed by atoms with Crippen LogP contribution < -0.4 is 5.73 Å². The van der Waals surface area contributed by atoms with Gasteiger partial charge in [0.25, 0.3) is 0 Å². The summed E-state index contributed by atoms with van der Waals surface area (Å²) in [7, 11) is -1.80. The summed E-state index contributed by atoms with van der Waals surface area (Å²) in [5.41, 5.74) is 6.86. The zero-order chi connectivity index (χ0) is 14.0. The fourth-order valence-electron chi connectivity index (χ4n) is 2.77. The Labute approximate surface area is 115 Å². The normalized spacial score (nSPS) is 24.6. The molecule has 0 amide bonds. The Bertz CT molecular complexity index is 542. The van der Waals surface area contributed by atoms with Crippen LogP contribution >= 0.6 is 0 Å². The molecule has 4 nitrogen and oxygen atoms in total. The molecule has 2 rings (SSSR count). The van der Waals surface area contributed by atoms with E-state index in [-0.39, 0.29) is 12.1 Å². The predicted octanol–water partition coefficient (Wildman–Crippen LogP) is 1.89. The molecule has 0 aromatic heterocycles. The summed E-state index contributed by atoms with van der Waals surface area (Å²) in [4.78, 5) is 0.385. The Morgan fingerprint density at radius 1 is 1.21 bits per heavy atom. The first-order valence-electron chi connectivity index (χ1n) is 6.74. The van der Waals surface area contributed by atoms with Gasteiger partial charge in [-0.05, 0) is 31.4 Å². The number of benzene rings is 1. The third-order valence-electron chi connectivity index (χ3n) is 4.00. The lowest BCUT2D eigenvalue weighted by Crippen LogP contribution is -2.50. The van der Waals surface area contributed by atoms with Gasteiger partial charge < -0.3 is 5.73 Å². The number of rotatable bonds is 3. The Balaban J connectivity index is 2.31. The lowest BCUT2D eigenvalue weighted by molar-refractivity contribution is 0.252. The van der Waals surface area contributed by atoms with E-state index in [0.29, 0.717) is 4.90 Å². The molecule has 1 aliphatic carbocycles. The molecule has 0 radical (unpaired) electrons. The molecule has 19 heavy (non-hydrogen) atoms. The second kappa shape index (κ2) is 5.61. The third kappa shape index (κ3) is 2.83. The van der Waals surface area contributed by atoms with Gasteiger partial charge in [0.1, 0.15) is 0 Å². The highest BCUT2D eigenvalue weighted by Gasteiger charge is 2.33. The maximum Gasteiger partial charge on any atom is 0.243 e. The van der Waals surface area contributed by atoms with Crippen LogP contribution in [0.4, 0.5) is 0 Å². The molecule has 2 unspecified atom stereocenters. The van der Waals surface area contributed by atoms with E-state index in [9.17, 15) is 8.42 Å². The zero-order valence-electron chi connectivity index (χ0n) is 11.5. The van der Waals surface area contributed by atoms with Gasteiger partial charge in [-0.3, -0.25) is 0 Å². The molecule has 0 spiro atoms. The topological polar surface area (TPSA) is 63.4 Å². The van der Waals surface area contributed by atoms with Gasteiger partial charge in [0.15, 0.2) is 0 Å². The number of hydrogen-bond donors (Lipinski definition) is 1. The van der Waals surface area contributed by atoms with Crippen molar-refractivity contribution in [3.63, 3.8) is 0 Å². The molecule has 2 atom stereocenters. The maximum atomic E-state index is 12.7. The molecule has 0 bridgehead atoms. The van der Waals surface area contributed by atoms with Crippen LogP contribution in [0.1, 0.15) is 31.2 Å². The Hall–Kier alpha value is -0.910. The van der Waals surface area contributed by atoms with E-state index in [1.54, 1.807) is 19.2 Å². The fourth-order valence-corrected chi connectivity index (χ4v) is 4.42. The zero-order valence-corrected chi connectivity index (χ0v) is 12.4. The molecule has 0 aliphatic heterocycles. The number of aryl methyl sites for hydroxylation is 1. The summed E-state index contributed by atoms with van der Waals surface area (Å²) in [6.45, 7) is 1.82. The van der Waals surface area contributed by atoms with Crippen LogP contribution in [0.5, 0.6) is 0 Å². The van der Waals surface area contributed by atoms with Crippen LogP contribution in [0.3, 0.4) is 0 Å². The minimum atomic E-state index is -3.45. The molecular weight excluding hydrogens is 260 g/mol. The Morgan fingerprint density at radius 3 is 2.47 bits per heavy atom. The fraction of sp³-hybridized carbons (Fsp3) is 0.571. The van der Waals surface area contributed by atoms with Crippen molar-refractivity contribution in [1.82, 2.24) is 4.31 Å². The monoisotopic (exact) mass is 282 g/mol. The van der Waals surface area contributed by atoms with Crippen molar-refractivity contribution in [2.45, 2.75) is 49.6 Å². The first kappa shape index (κ1) is 14.5. The summed E-state index contributed by atoms with van der Waals surface area (Å²) in [6, 6.07) is 6.95. The molecular formula is C14H22N2O2S. The van der Waals surface area contributed by atoms with Gasteiger partial charge in [0, 0.05) is 19.1 Å². The van der Waals surface area contributed by atoms with Crippen LogP contribution in [0.25, 0.3) is 0 Å². The standard InChI is InChI=1S/C14H22N2O2S/c1-11-7-3-6-10-14(11)19(17,18)16(2)13-9-5-4-8-12(13)15/h3,6-7,10,12-13H,4-5,8-9,15H2,1-2H3. The van der Waals surface area contributed by atoms with E-state index in [2.05, 4.69) is 0 Å². The van der Waals surface area contributed by atoms with Crippen molar-refractivity contribution in [2.75, 3.05) is 7.05 Å². The summed E-state index contributed by atoms with van der Waals surface area (Å²) >= 11 is 0. The summed E-state index contributed by atoms with van der Waals surface area (Å²) in [6.07, 6.45) is 3.89. The summed E-state index contributed by atoms with van der Waals surface area (Å²) < 4.78 is 26.8. The molecule has 5 heteroatoms. The number of nitrogens with zero attached hydrogens (tertiary/aromatic N) is 1. The second-order valence-electron chi connectivity index (χ2n) is 5.30. The highest BCUT2D eigenvalue weighted by atomic mass is 32.2. The van der Waals surface area contributed by atoms with Crippen LogP contribution in [0, 0.1) is 6.92 Å². The van der Waals surface area contributed by atoms with Gasteiger partial charge in [0.05, 0.1) is 4.90 Å². The average molecular weight is 282 g/mol. The lowest BCUT2D eigenvalue weighted by atomic mass is 9.91. The van der Waals surface area contributed by atoms with Crippen molar-refractivity contribution < 1.29 is 8.42 Å². The molecule has 1 aromatic rings. The molecule has 0 saturated heterocycles. The Kier molecular flexibility index (Phi) is 4.28. The van der Waals surface area contributed by atoms with Gasteiger partial charge >= 0.3 is 0 Å². The first-order chi connectivity index (χ1) is 8.94. The molecule has 106 valence electrons. The highest BCUT2D eigenvalue weighted by Crippen LogP contribution is 2.27. The molecule has 1 aliphatic rings. The molecule has 1 saturated carbocycles. The number of nitrogens with two attached hydrogens (primary N) is 1. The average Bonchev–Trinajstić information content (AvgIpc) is 2.39. The van der Waals surface area contributed by atoms with Crippen LogP contribution in [0.2, 0.25) is 0 Å². The van der Waals surface area contributed by atoms with Gasteiger partial charge in [-0.15, -0.1) is 0 Å². The lowest BCUT2D eigenvalue weighted by Gasteiger charge is -2.35. The van der Waals surface area contributed by atoms with E-state index in [1.165, 1.54) is 4.31 Å². The van der Waals surface area contributed by atoms with E-state index < -0.39 is 10.0 Å². The quantitative estimate of drug-likeness (QED) is 0.920. The van der Waals surface area contributed by atoms with Gasteiger partial charge in [-0.1, -0.05) is 31.0 Å². The van der Waals surface area contributed by atoms with Crippen LogP contribution in [-0.2, 0) is 10.0 Å². The second-order valence-corrected chi connectivity index (χ2v) is 7.27. The van der Waals surface area contributed by atoms with Crippen LogP contribution in [-0.4, -0.2) is 31.9 Å². The number of hydrogen-bond acceptors (Lipinski definition) is 3. The molecule has 2 N–H and O–H groups in total. The molecule has 1 aromatic carbocycles. The summed E-state index contributed by atoms with van der Waals surface area (Å²) in [5.74, 6) is 0. The summed E-state index contributed by atoms with van der Waals surface area (Å²) in [5, 5.41) is 0. The van der Waals surface area contributed by atoms with Gasteiger partial charge in [0.2, 0.25) is 10.0 Å². The first-order valence-corrected chi connectivity index (χ1v) is 8.18. The SMILES string of the molecule is Cc1ccccc1S(=O)(=O)N(C)C1CCCCC1N. The van der Waals surface area contributed by atoms with Crippen molar-refractivity contribution in [2.24, 2.45) is 5.73 Å².